The normalized spacial score (nSPS) is 12.3. The molecule has 0 aromatic heterocycles. The zero-order chi connectivity index (χ0) is 15.9. The van der Waals surface area contributed by atoms with Crippen molar-refractivity contribution in [1.29, 1.82) is 0 Å². The number of carbonyl (C=O) groups is 2. The molecule has 0 aliphatic rings. The van der Waals surface area contributed by atoms with Crippen molar-refractivity contribution in [3.8, 4) is 0 Å². The van der Waals surface area contributed by atoms with Gasteiger partial charge in [0.25, 0.3) is 0 Å². The van der Waals surface area contributed by atoms with Gasteiger partial charge in [-0.25, -0.2) is 9.59 Å². The molecule has 1 aromatic rings. The van der Waals surface area contributed by atoms with Crippen molar-refractivity contribution < 1.29 is 46.1 Å². The standard InChI is InChI=1S/C10H4F6O4/c11-9(12,13)4-1-3(7(17)18)2-5(10(14,15)16)6(4)8(19)20/h1-2H,(H,17,18)(H,19,20). The van der Waals surface area contributed by atoms with Crippen molar-refractivity contribution in [3.05, 3.63) is 34.4 Å². The van der Waals surface area contributed by atoms with E-state index in [-0.39, 0.29) is 12.1 Å². The number of rotatable bonds is 2. The zero-order valence-electron chi connectivity index (χ0n) is 9.13. The van der Waals surface area contributed by atoms with Crippen molar-refractivity contribution in [2.24, 2.45) is 0 Å². The fourth-order valence-electron chi connectivity index (χ4n) is 1.44. The summed E-state index contributed by atoms with van der Waals surface area (Å²) in [5, 5.41) is 17.1. The van der Waals surface area contributed by atoms with E-state index in [1.54, 1.807) is 0 Å². The van der Waals surface area contributed by atoms with Gasteiger partial charge in [0.2, 0.25) is 0 Å². The van der Waals surface area contributed by atoms with Crippen LogP contribution in [0, 0.1) is 0 Å². The van der Waals surface area contributed by atoms with Crippen LogP contribution in [0.1, 0.15) is 31.8 Å². The Hall–Kier alpha value is -2.26. The van der Waals surface area contributed by atoms with Crippen LogP contribution in [0.15, 0.2) is 12.1 Å². The number of alkyl halides is 6. The van der Waals surface area contributed by atoms with Gasteiger partial charge in [0, 0.05) is 0 Å². The van der Waals surface area contributed by atoms with Crippen LogP contribution in [0.4, 0.5) is 26.3 Å². The Morgan fingerprint density at radius 2 is 1.15 bits per heavy atom. The predicted molar refractivity (Wildman–Crippen MR) is 50.4 cm³/mol. The molecular weight excluding hydrogens is 298 g/mol. The summed E-state index contributed by atoms with van der Waals surface area (Å²) in [7, 11) is 0. The van der Waals surface area contributed by atoms with Gasteiger partial charge < -0.3 is 10.2 Å². The number of hydrogen-bond donors (Lipinski definition) is 2. The first-order valence-electron chi connectivity index (χ1n) is 4.64. The molecular formula is C10H4F6O4. The lowest BCUT2D eigenvalue weighted by Crippen LogP contribution is -2.21. The second kappa shape index (κ2) is 4.69. The summed E-state index contributed by atoms with van der Waals surface area (Å²) in [4.78, 5) is 21.2. The molecule has 0 saturated heterocycles. The molecule has 0 aliphatic carbocycles. The van der Waals surface area contributed by atoms with E-state index < -0.39 is 46.5 Å². The first-order valence-corrected chi connectivity index (χ1v) is 4.64. The van der Waals surface area contributed by atoms with Crippen LogP contribution in [-0.2, 0) is 12.4 Å². The highest BCUT2D eigenvalue weighted by atomic mass is 19.4. The van der Waals surface area contributed by atoms with E-state index >= 15 is 0 Å². The summed E-state index contributed by atoms with van der Waals surface area (Å²) in [6.07, 6.45) is -10.9. The highest BCUT2D eigenvalue weighted by molar-refractivity contribution is 5.95. The fourth-order valence-corrected chi connectivity index (χ4v) is 1.44. The maximum atomic E-state index is 12.6. The average molecular weight is 302 g/mol. The number of carboxylic acid groups (broad SMARTS) is 2. The highest BCUT2D eigenvalue weighted by Crippen LogP contribution is 2.40. The van der Waals surface area contributed by atoms with Crippen LogP contribution in [0.5, 0.6) is 0 Å². The molecule has 0 spiro atoms. The zero-order valence-corrected chi connectivity index (χ0v) is 9.13. The number of aromatic carboxylic acids is 2. The third-order valence-electron chi connectivity index (χ3n) is 2.21. The fraction of sp³-hybridized carbons (Fsp3) is 0.200. The van der Waals surface area contributed by atoms with Crippen molar-refractivity contribution in [2.45, 2.75) is 12.4 Å². The smallest absolute Gasteiger partial charge is 0.417 e. The lowest BCUT2D eigenvalue weighted by Gasteiger charge is -2.17. The van der Waals surface area contributed by atoms with Crippen molar-refractivity contribution in [2.75, 3.05) is 0 Å². The van der Waals surface area contributed by atoms with Crippen LogP contribution in [0.2, 0.25) is 0 Å². The minimum absolute atomic E-state index is 0.152. The van der Waals surface area contributed by atoms with Crippen LogP contribution >= 0.6 is 0 Å². The van der Waals surface area contributed by atoms with Crippen LogP contribution < -0.4 is 0 Å². The predicted octanol–water partition coefficient (Wildman–Crippen LogP) is 3.12. The van der Waals surface area contributed by atoms with Gasteiger partial charge in [-0.2, -0.15) is 26.3 Å². The Bertz CT molecular complexity index is 537. The summed E-state index contributed by atoms with van der Waals surface area (Å²) in [6, 6.07) is -0.304. The van der Waals surface area contributed by atoms with Gasteiger partial charge in [-0.15, -0.1) is 0 Å². The quantitative estimate of drug-likeness (QED) is 0.823. The van der Waals surface area contributed by atoms with E-state index in [1.165, 1.54) is 0 Å². The Morgan fingerprint density at radius 1 is 0.800 bits per heavy atom. The first-order chi connectivity index (χ1) is 8.85. The Labute approximate surface area is 106 Å². The third kappa shape index (κ3) is 3.00. The van der Waals surface area contributed by atoms with Crippen LogP contribution in [-0.4, -0.2) is 22.2 Å². The van der Waals surface area contributed by atoms with Gasteiger partial charge in [-0.3, -0.25) is 0 Å². The Morgan fingerprint density at radius 3 is 1.35 bits per heavy atom. The van der Waals surface area contributed by atoms with Gasteiger partial charge in [0.1, 0.15) is 0 Å². The third-order valence-corrected chi connectivity index (χ3v) is 2.21. The molecule has 20 heavy (non-hydrogen) atoms. The topological polar surface area (TPSA) is 74.6 Å². The van der Waals surface area contributed by atoms with E-state index in [9.17, 15) is 35.9 Å². The second-order valence-corrected chi connectivity index (χ2v) is 3.55. The molecule has 1 aromatic carbocycles. The summed E-state index contributed by atoms with van der Waals surface area (Å²) in [5.74, 6) is -4.50. The van der Waals surface area contributed by atoms with Crippen molar-refractivity contribution in [1.82, 2.24) is 0 Å². The second-order valence-electron chi connectivity index (χ2n) is 3.55. The molecule has 0 heterocycles. The molecule has 0 unspecified atom stereocenters. The number of hydrogen-bond acceptors (Lipinski definition) is 2. The molecule has 4 nitrogen and oxygen atoms in total. The maximum Gasteiger partial charge on any atom is 0.417 e. The van der Waals surface area contributed by atoms with E-state index in [0.29, 0.717) is 0 Å². The van der Waals surface area contributed by atoms with Gasteiger partial charge in [0.15, 0.2) is 0 Å². The lowest BCUT2D eigenvalue weighted by atomic mass is 9.96. The molecule has 0 atom stereocenters. The number of benzene rings is 1. The molecule has 110 valence electrons. The van der Waals surface area contributed by atoms with Gasteiger partial charge in [-0.05, 0) is 12.1 Å². The van der Waals surface area contributed by atoms with E-state index in [0.717, 1.165) is 0 Å². The Kier molecular flexibility index (Phi) is 3.70. The molecule has 0 bridgehead atoms. The SMILES string of the molecule is O=C(O)c1cc(C(F)(F)F)c(C(=O)O)c(C(F)(F)F)c1. The minimum Gasteiger partial charge on any atom is -0.478 e. The number of halogens is 6. The molecule has 0 fully saturated rings. The molecule has 0 amide bonds. The Balaban J connectivity index is 3.86. The van der Waals surface area contributed by atoms with Crippen LogP contribution in [0.25, 0.3) is 0 Å². The monoisotopic (exact) mass is 302 g/mol. The summed E-state index contributed by atoms with van der Waals surface area (Å²) < 4.78 is 75.6. The van der Waals surface area contributed by atoms with Gasteiger partial charge in [0.05, 0.1) is 22.3 Å². The van der Waals surface area contributed by atoms with E-state index in [4.69, 9.17) is 10.2 Å². The molecule has 10 heteroatoms. The lowest BCUT2D eigenvalue weighted by molar-refractivity contribution is -0.144. The molecule has 0 radical (unpaired) electrons. The molecule has 0 aliphatic heterocycles. The summed E-state index contributed by atoms with van der Waals surface area (Å²) in [5.41, 5.74) is -7.68. The largest absolute Gasteiger partial charge is 0.478 e. The summed E-state index contributed by atoms with van der Waals surface area (Å²) in [6.45, 7) is 0. The van der Waals surface area contributed by atoms with Gasteiger partial charge >= 0.3 is 24.3 Å². The van der Waals surface area contributed by atoms with E-state index in [1.807, 2.05) is 0 Å². The van der Waals surface area contributed by atoms with Crippen molar-refractivity contribution in [3.63, 3.8) is 0 Å². The minimum atomic E-state index is -5.45. The van der Waals surface area contributed by atoms with E-state index in [2.05, 4.69) is 0 Å². The number of carboxylic acids is 2. The molecule has 0 saturated carbocycles. The first kappa shape index (κ1) is 15.8. The molecule has 2 N–H and O–H groups in total. The van der Waals surface area contributed by atoms with Crippen LogP contribution in [0.3, 0.4) is 0 Å². The molecule has 1 rings (SSSR count). The highest BCUT2D eigenvalue weighted by Gasteiger charge is 2.44. The average Bonchev–Trinajstić information content (AvgIpc) is 2.24. The van der Waals surface area contributed by atoms with Crippen molar-refractivity contribution >= 4 is 11.9 Å². The maximum absolute atomic E-state index is 12.6. The van der Waals surface area contributed by atoms with Gasteiger partial charge in [-0.1, -0.05) is 0 Å². The summed E-state index contributed by atoms with van der Waals surface area (Å²) >= 11 is 0.